The van der Waals surface area contributed by atoms with Crippen molar-refractivity contribution in [2.45, 2.75) is 77.7 Å². The van der Waals surface area contributed by atoms with E-state index < -0.39 is 0 Å². The molecule has 2 nitrogen and oxygen atoms in total. The van der Waals surface area contributed by atoms with Crippen LogP contribution in [0.25, 0.3) is 0 Å². The molecule has 1 unspecified atom stereocenters. The van der Waals surface area contributed by atoms with Crippen LogP contribution in [0.1, 0.15) is 71.6 Å². The minimum absolute atomic E-state index is 0.560. The fourth-order valence-corrected chi connectivity index (χ4v) is 2.18. The molecule has 1 N–H and O–H groups in total. The SMILES string of the molecule is CCCCCCCCCNC(CCC)COC. The van der Waals surface area contributed by atoms with Gasteiger partial charge in [-0.3, -0.25) is 0 Å². The molecule has 0 fully saturated rings. The molecule has 2 heteroatoms. The molecule has 0 rings (SSSR count). The van der Waals surface area contributed by atoms with E-state index in [9.17, 15) is 0 Å². The van der Waals surface area contributed by atoms with Gasteiger partial charge in [-0.1, -0.05) is 58.8 Å². The number of unbranched alkanes of at least 4 members (excludes halogenated alkanes) is 6. The van der Waals surface area contributed by atoms with Crippen LogP contribution in [-0.4, -0.2) is 26.3 Å². The van der Waals surface area contributed by atoms with Gasteiger partial charge in [0.05, 0.1) is 6.61 Å². The predicted molar refractivity (Wildman–Crippen MR) is 76.6 cm³/mol. The lowest BCUT2D eigenvalue weighted by molar-refractivity contribution is 0.162. The fraction of sp³-hybridized carbons (Fsp3) is 1.00. The lowest BCUT2D eigenvalue weighted by Crippen LogP contribution is -2.33. The van der Waals surface area contributed by atoms with Gasteiger partial charge in [0.25, 0.3) is 0 Å². The van der Waals surface area contributed by atoms with Crippen molar-refractivity contribution in [1.82, 2.24) is 5.32 Å². The molecule has 0 aromatic rings. The normalized spacial score (nSPS) is 12.9. The summed E-state index contributed by atoms with van der Waals surface area (Å²) in [5.74, 6) is 0. The van der Waals surface area contributed by atoms with Gasteiger partial charge in [-0.15, -0.1) is 0 Å². The van der Waals surface area contributed by atoms with Crippen LogP contribution < -0.4 is 5.32 Å². The number of ether oxygens (including phenoxy) is 1. The van der Waals surface area contributed by atoms with Crippen LogP contribution in [0.5, 0.6) is 0 Å². The lowest BCUT2D eigenvalue weighted by Gasteiger charge is -2.16. The Morgan fingerprint density at radius 2 is 1.53 bits per heavy atom. The Hall–Kier alpha value is -0.0800. The van der Waals surface area contributed by atoms with Crippen molar-refractivity contribution >= 4 is 0 Å². The minimum atomic E-state index is 0.560. The summed E-state index contributed by atoms with van der Waals surface area (Å²) in [6.07, 6.45) is 12.2. The van der Waals surface area contributed by atoms with Crippen LogP contribution in [0.3, 0.4) is 0 Å². The Kier molecular flexibility index (Phi) is 13.9. The van der Waals surface area contributed by atoms with Crippen LogP contribution in [-0.2, 0) is 4.74 Å². The Labute approximate surface area is 109 Å². The molecule has 0 amide bonds. The Balaban J connectivity index is 3.23. The lowest BCUT2D eigenvalue weighted by atomic mass is 10.1. The van der Waals surface area contributed by atoms with Gasteiger partial charge in [0.15, 0.2) is 0 Å². The van der Waals surface area contributed by atoms with Gasteiger partial charge < -0.3 is 10.1 Å². The number of rotatable bonds is 13. The molecular weight excluding hydrogens is 210 g/mol. The number of methoxy groups -OCH3 is 1. The molecule has 1 atom stereocenters. The van der Waals surface area contributed by atoms with Crippen molar-refractivity contribution in [1.29, 1.82) is 0 Å². The van der Waals surface area contributed by atoms with Crippen molar-refractivity contribution in [3.8, 4) is 0 Å². The average molecular weight is 243 g/mol. The molecule has 0 spiro atoms. The van der Waals surface area contributed by atoms with E-state index in [4.69, 9.17) is 4.74 Å². The molecule has 0 aliphatic heterocycles. The molecule has 0 saturated heterocycles. The van der Waals surface area contributed by atoms with E-state index in [1.54, 1.807) is 7.11 Å². The van der Waals surface area contributed by atoms with E-state index in [0.717, 1.165) is 13.2 Å². The average Bonchev–Trinajstić information content (AvgIpc) is 2.33. The molecular formula is C15H33NO. The Morgan fingerprint density at radius 3 is 2.12 bits per heavy atom. The standard InChI is InChI=1S/C15H33NO/c1-4-6-7-8-9-10-11-13-16-15(12-5-2)14-17-3/h15-16H,4-14H2,1-3H3. The molecule has 0 saturated carbocycles. The maximum absolute atomic E-state index is 5.22. The summed E-state index contributed by atoms with van der Waals surface area (Å²) in [5, 5.41) is 3.60. The second-order valence-corrected chi connectivity index (χ2v) is 5.02. The Bertz CT molecular complexity index is 133. The van der Waals surface area contributed by atoms with Crippen molar-refractivity contribution in [3.63, 3.8) is 0 Å². The first-order valence-electron chi connectivity index (χ1n) is 7.57. The number of hydrogen-bond acceptors (Lipinski definition) is 2. The van der Waals surface area contributed by atoms with Crippen molar-refractivity contribution in [2.75, 3.05) is 20.3 Å². The van der Waals surface area contributed by atoms with Gasteiger partial charge in [0, 0.05) is 13.2 Å². The fourth-order valence-electron chi connectivity index (χ4n) is 2.18. The largest absolute Gasteiger partial charge is 0.383 e. The van der Waals surface area contributed by atoms with Crippen LogP contribution in [0, 0.1) is 0 Å². The van der Waals surface area contributed by atoms with E-state index in [0.29, 0.717) is 6.04 Å². The van der Waals surface area contributed by atoms with Crippen molar-refractivity contribution in [3.05, 3.63) is 0 Å². The van der Waals surface area contributed by atoms with E-state index in [-0.39, 0.29) is 0 Å². The maximum atomic E-state index is 5.22. The van der Waals surface area contributed by atoms with Gasteiger partial charge in [-0.2, -0.15) is 0 Å². The third kappa shape index (κ3) is 12.2. The molecule has 0 radical (unpaired) electrons. The minimum Gasteiger partial charge on any atom is -0.383 e. The van der Waals surface area contributed by atoms with E-state index in [2.05, 4.69) is 19.2 Å². The summed E-state index contributed by atoms with van der Waals surface area (Å²) < 4.78 is 5.22. The smallest absolute Gasteiger partial charge is 0.0615 e. The maximum Gasteiger partial charge on any atom is 0.0615 e. The quantitative estimate of drug-likeness (QED) is 0.491. The van der Waals surface area contributed by atoms with E-state index in [1.807, 2.05) is 0 Å². The second-order valence-electron chi connectivity index (χ2n) is 5.02. The molecule has 0 aromatic heterocycles. The monoisotopic (exact) mass is 243 g/mol. The van der Waals surface area contributed by atoms with Gasteiger partial charge in [0.2, 0.25) is 0 Å². The second kappa shape index (κ2) is 14.0. The van der Waals surface area contributed by atoms with E-state index >= 15 is 0 Å². The molecule has 17 heavy (non-hydrogen) atoms. The zero-order chi connectivity index (χ0) is 12.8. The topological polar surface area (TPSA) is 21.3 Å². The summed E-state index contributed by atoms with van der Waals surface area (Å²) in [7, 11) is 1.79. The highest BCUT2D eigenvalue weighted by atomic mass is 16.5. The van der Waals surface area contributed by atoms with E-state index in [1.165, 1.54) is 57.8 Å². The molecule has 0 aliphatic carbocycles. The third-order valence-corrected chi connectivity index (χ3v) is 3.22. The van der Waals surface area contributed by atoms with Crippen molar-refractivity contribution in [2.24, 2.45) is 0 Å². The first-order valence-corrected chi connectivity index (χ1v) is 7.57. The van der Waals surface area contributed by atoms with Crippen LogP contribution in [0.2, 0.25) is 0 Å². The molecule has 104 valence electrons. The Morgan fingerprint density at radius 1 is 0.882 bits per heavy atom. The summed E-state index contributed by atoms with van der Waals surface area (Å²) >= 11 is 0. The van der Waals surface area contributed by atoms with Gasteiger partial charge >= 0.3 is 0 Å². The predicted octanol–water partition coefficient (Wildman–Crippen LogP) is 4.14. The summed E-state index contributed by atoms with van der Waals surface area (Å²) in [4.78, 5) is 0. The van der Waals surface area contributed by atoms with Crippen LogP contribution >= 0.6 is 0 Å². The third-order valence-electron chi connectivity index (χ3n) is 3.22. The number of hydrogen-bond donors (Lipinski definition) is 1. The molecule has 0 bridgehead atoms. The molecule has 0 aliphatic rings. The highest BCUT2D eigenvalue weighted by Gasteiger charge is 2.05. The van der Waals surface area contributed by atoms with Gasteiger partial charge in [-0.05, 0) is 19.4 Å². The molecule has 0 aromatic carbocycles. The summed E-state index contributed by atoms with van der Waals surface area (Å²) in [5.41, 5.74) is 0. The van der Waals surface area contributed by atoms with Crippen LogP contribution in [0.4, 0.5) is 0 Å². The van der Waals surface area contributed by atoms with Gasteiger partial charge in [-0.25, -0.2) is 0 Å². The zero-order valence-corrected chi connectivity index (χ0v) is 12.3. The summed E-state index contributed by atoms with van der Waals surface area (Å²) in [6.45, 7) is 6.51. The highest BCUT2D eigenvalue weighted by molar-refractivity contribution is 4.65. The first kappa shape index (κ1) is 16.9. The van der Waals surface area contributed by atoms with Crippen LogP contribution in [0.15, 0.2) is 0 Å². The van der Waals surface area contributed by atoms with Gasteiger partial charge in [0.1, 0.15) is 0 Å². The first-order chi connectivity index (χ1) is 8.35. The zero-order valence-electron chi connectivity index (χ0n) is 12.3. The molecule has 0 heterocycles. The number of nitrogens with one attached hydrogen (secondary N) is 1. The summed E-state index contributed by atoms with van der Waals surface area (Å²) in [6, 6.07) is 0.560. The highest BCUT2D eigenvalue weighted by Crippen LogP contribution is 2.06. The van der Waals surface area contributed by atoms with Crippen molar-refractivity contribution < 1.29 is 4.74 Å².